The normalized spacial score (nSPS) is 24.8. The van der Waals surface area contributed by atoms with E-state index >= 15 is 0 Å². The van der Waals surface area contributed by atoms with Crippen LogP contribution in [0.1, 0.15) is 37.7 Å². The number of nitrogens with zero attached hydrogens (tertiary/aromatic N) is 2. The minimum Gasteiger partial charge on any atom is -0.463 e. The zero-order valence-corrected chi connectivity index (χ0v) is 12.6. The van der Waals surface area contributed by atoms with Gasteiger partial charge in [0.25, 0.3) is 0 Å². The highest BCUT2D eigenvalue weighted by molar-refractivity contribution is 5.07. The molecule has 1 unspecified atom stereocenters. The molecule has 0 aromatic carbocycles. The zero-order valence-electron chi connectivity index (χ0n) is 12.6. The molecule has 0 amide bonds. The van der Waals surface area contributed by atoms with Crippen molar-refractivity contribution >= 4 is 0 Å². The fraction of sp³-hybridized carbons (Fsp3) is 0.750. The lowest BCUT2D eigenvalue weighted by atomic mass is 9.99. The number of fused-ring (bicyclic) bond motifs is 1. The highest BCUT2D eigenvalue weighted by atomic mass is 16.3. The predicted octanol–water partition coefficient (Wildman–Crippen LogP) is 2.06. The van der Waals surface area contributed by atoms with Crippen molar-refractivity contribution in [2.24, 2.45) is 0 Å². The van der Waals surface area contributed by atoms with Gasteiger partial charge in [-0.15, -0.1) is 0 Å². The Morgan fingerprint density at radius 2 is 2.10 bits per heavy atom. The van der Waals surface area contributed by atoms with Gasteiger partial charge in [0.05, 0.1) is 13.1 Å². The largest absolute Gasteiger partial charge is 0.463 e. The van der Waals surface area contributed by atoms with Crippen LogP contribution >= 0.6 is 0 Å². The number of piperidine rings is 1. The third-order valence-corrected chi connectivity index (χ3v) is 4.57. The van der Waals surface area contributed by atoms with E-state index in [1.165, 1.54) is 45.4 Å². The van der Waals surface area contributed by atoms with E-state index in [0.717, 1.165) is 37.2 Å². The summed E-state index contributed by atoms with van der Waals surface area (Å²) in [7, 11) is 0. The average Bonchev–Trinajstić information content (AvgIpc) is 2.92. The Kier molecular flexibility index (Phi) is 4.76. The van der Waals surface area contributed by atoms with Crippen molar-refractivity contribution in [3.8, 4) is 0 Å². The molecule has 3 rings (SSSR count). The van der Waals surface area contributed by atoms with Gasteiger partial charge in [-0.25, -0.2) is 0 Å². The molecule has 0 radical (unpaired) electrons. The van der Waals surface area contributed by atoms with E-state index in [9.17, 15) is 0 Å². The first-order valence-electron chi connectivity index (χ1n) is 8.10. The summed E-state index contributed by atoms with van der Waals surface area (Å²) in [4.78, 5) is 5.24. The van der Waals surface area contributed by atoms with E-state index in [2.05, 4.69) is 34.2 Å². The Morgan fingerprint density at radius 1 is 1.20 bits per heavy atom. The number of hydrogen-bond acceptors (Lipinski definition) is 4. The third-order valence-electron chi connectivity index (χ3n) is 4.57. The number of furan rings is 1. The zero-order chi connectivity index (χ0) is 13.8. The topological polar surface area (TPSA) is 31.6 Å². The van der Waals surface area contributed by atoms with Crippen molar-refractivity contribution in [1.29, 1.82) is 0 Å². The fourth-order valence-corrected chi connectivity index (χ4v) is 3.43. The number of rotatable bonds is 5. The van der Waals surface area contributed by atoms with Crippen molar-refractivity contribution < 1.29 is 4.42 Å². The monoisotopic (exact) mass is 277 g/mol. The Morgan fingerprint density at radius 3 is 3.00 bits per heavy atom. The first-order valence-corrected chi connectivity index (χ1v) is 8.10. The molecular formula is C16H27N3O. The molecule has 1 atom stereocenters. The van der Waals surface area contributed by atoms with Crippen LogP contribution in [0.5, 0.6) is 0 Å². The van der Waals surface area contributed by atoms with Crippen molar-refractivity contribution in [3.63, 3.8) is 0 Å². The van der Waals surface area contributed by atoms with E-state index in [1.54, 1.807) is 0 Å². The average molecular weight is 277 g/mol. The molecular weight excluding hydrogens is 250 g/mol. The Hall–Kier alpha value is -0.840. The Balaban J connectivity index is 1.51. The molecule has 2 aliphatic heterocycles. The van der Waals surface area contributed by atoms with E-state index in [1.807, 2.05) is 0 Å². The second-order valence-corrected chi connectivity index (χ2v) is 6.07. The van der Waals surface area contributed by atoms with Gasteiger partial charge in [0.15, 0.2) is 0 Å². The standard InChI is InChI=1S/C16H27N3O/c1-2-17-11-15-6-7-16(20-15)13-18-9-10-19-8-4-3-5-14(19)12-18/h6-7,14,17H,2-5,8-13H2,1H3. The number of hydrogen-bond donors (Lipinski definition) is 1. The van der Waals surface area contributed by atoms with Crippen molar-refractivity contribution in [2.75, 3.05) is 32.7 Å². The van der Waals surface area contributed by atoms with Gasteiger partial charge < -0.3 is 9.73 Å². The molecule has 1 N–H and O–H groups in total. The first kappa shape index (κ1) is 14.1. The van der Waals surface area contributed by atoms with Gasteiger partial charge in [0.2, 0.25) is 0 Å². The highest BCUT2D eigenvalue weighted by Gasteiger charge is 2.28. The summed E-state index contributed by atoms with van der Waals surface area (Å²) in [6.07, 6.45) is 4.17. The smallest absolute Gasteiger partial charge is 0.118 e. The minimum atomic E-state index is 0.786. The quantitative estimate of drug-likeness (QED) is 0.893. The van der Waals surface area contributed by atoms with E-state index in [4.69, 9.17) is 4.42 Å². The van der Waals surface area contributed by atoms with Gasteiger partial charge in [-0.2, -0.15) is 0 Å². The van der Waals surface area contributed by atoms with Gasteiger partial charge in [0.1, 0.15) is 11.5 Å². The van der Waals surface area contributed by atoms with Crippen molar-refractivity contribution in [1.82, 2.24) is 15.1 Å². The van der Waals surface area contributed by atoms with Gasteiger partial charge in [-0.05, 0) is 38.1 Å². The van der Waals surface area contributed by atoms with Crippen LogP contribution in [0.25, 0.3) is 0 Å². The lowest BCUT2D eigenvalue weighted by Crippen LogP contribution is -2.54. The number of nitrogens with one attached hydrogen (secondary N) is 1. The van der Waals surface area contributed by atoms with Gasteiger partial charge >= 0.3 is 0 Å². The molecule has 4 heteroatoms. The molecule has 1 aromatic heterocycles. The summed E-state index contributed by atoms with van der Waals surface area (Å²) in [6, 6.07) is 5.03. The maximum absolute atomic E-state index is 5.91. The lowest BCUT2D eigenvalue weighted by molar-refractivity contribution is 0.0424. The SMILES string of the molecule is CCNCc1ccc(CN2CCN3CCCCC3C2)o1. The van der Waals surface area contributed by atoms with Gasteiger partial charge in [0, 0.05) is 25.7 Å². The molecule has 0 saturated carbocycles. The molecule has 1 aromatic rings. The molecule has 2 saturated heterocycles. The summed E-state index contributed by atoms with van der Waals surface area (Å²) >= 11 is 0. The van der Waals surface area contributed by atoms with Crippen LogP contribution < -0.4 is 5.32 Å². The van der Waals surface area contributed by atoms with Crippen LogP contribution in [0.2, 0.25) is 0 Å². The fourth-order valence-electron chi connectivity index (χ4n) is 3.43. The second-order valence-electron chi connectivity index (χ2n) is 6.07. The van der Waals surface area contributed by atoms with Crippen LogP contribution in [-0.4, -0.2) is 48.6 Å². The molecule has 0 spiro atoms. The van der Waals surface area contributed by atoms with Crippen LogP contribution in [0, 0.1) is 0 Å². The van der Waals surface area contributed by atoms with Crippen molar-refractivity contribution in [2.45, 2.75) is 45.3 Å². The molecule has 4 nitrogen and oxygen atoms in total. The maximum atomic E-state index is 5.91. The molecule has 3 heterocycles. The molecule has 2 aliphatic rings. The van der Waals surface area contributed by atoms with Crippen molar-refractivity contribution in [3.05, 3.63) is 23.7 Å². The van der Waals surface area contributed by atoms with Crippen LogP contribution in [0.15, 0.2) is 16.5 Å². The van der Waals surface area contributed by atoms with Gasteiger partial charge in [-0.3, -0.25) is 9.80 Å². The summed E-state index contributed by atoms with van der Waals surface area (Å²) < 4.78 is 5.91. The summed E-state index contributed by atoms with van der Waals surface area (Å²) in [5, 5.41) is 3.30. The molecule has 112 valence electrons. The third kappa shape index (κ3) is 3.43. The molecule has 2 fully saturated rings. The minimum absolute atomic E-state index is 0.786. The lowest BCUT2D eigenvalue weighted by Gasteiger charge is -2.43. The number of piperazine rings is 1. The first-order chi connectivity index (χ1) is 9.85. The van der Waals surface area contributed by atoms with Crippen LogP contribution in [0.3, 0.4) is 0 Å². The highest BCUT2D eigenvalue weighted by Crippen LogP contribution is 2.22. The van der Waals surface area contributed by atoms with E-state index in [-0.39, 0.29) is 0 Å². The molecule has 0 bridgehead atoms. The Labute approximate surface area is 122 Å². The van der Waals surface area contributed by atoms with Crippen LogP contribution in [0.4, 0.5) is 0 Å². The predicted molar refractivity (Wildman–Crippen MR) is 80.6 cm³/mol. The second kappa shape index (κ2) is 6.74. The molecule has 20 heavy (non-hydrogen) atoms. The van der Waals surface area contributed by atoms with E-state index in [0.29, 0.717) is 0 Å². The van der Waals surface area contributed by atoms with Crippen LogP contribution in [-0.2, 0) is 13.1 Å². The van der Waals surface area contributed by atoms with E-state index < -0.39 is 0 Å². The summed E-state index contributed by atoms with van der Waals surface area (Å²) in [5.74, 6) is 2.17. The Bertz CT molecular complexity index is 418. The molecule has 0 aliphatic carbocycles. The summed E-state index contributed by atoms with van der Waals surface area (Å²) in [6.45, 7) is 9.85. The maximum Gasteiger partial charge on any atom is 0.118 e. The van der Waals surface area contributed by atoms with Gasteiger partial charge in [-0.1, -0.05) is 13.3 Å². The summed E-state index contributed by atoms with van der Waals surface area (Å²) in [5.41, 5.74) is 0.